The highest BCUT2D eigenvalue weighted by atomic mass is 127. The summed E-state index contributed by atoms with van der Waals surface area (Å²) in [7, 11) is 0. The largest absolute Gasteiger partial charge is 0.357 e. The molecule has 0 unspecified atom stereocenters. The topological polar surface area (TPSA) is 72.1 Å². The molecular formula is C21H32IN7. The number of nitrogens with one attached hydrogen (secondary N) is 2. The zero-order chi connectivity index (χ0) is 19.9. The summed E-state index contributed by atoms with van der Waals surface area (Å²) in [6.07, 6.45) is 0.962. The second-order valence-electron chi connectivity index (χ2n) is 6.99. The van der Waals surface area contributed by atoms with Crippen molar-refractivity contribution in [3.05, 3.63) is 47.5 Å². The maximum absolute atomic E-state index is 4.70. The van der Waals surface area contributed by atoms with Gasteiger partial charge in [0.05, 0.1) is 16.7 Å². The number of benzene rings is 1. The number of aromatic nitrogens is 4. The lowest BCUT2D eigenvalue weighted by molar-refractivity contribution is 0.566. The number of hydrogen-bond acceptors (Lipinski definition) is 3. The number of guanidine groups is 1. The van der Waals surface area contributed by atoms with E-state index in [1.165, 1.54) is 11.2 Å². The van der Waals surface area contributed by atoms with E-state index in [0.29, 0.717) is 0 Å². The van der Waals surface area contributed by atoms with Crippen molar-refractivity contribution in [2.45, 2.75) is 47.2 Å². The quantitative estimate of drug-likeness (QED) is 0.211. The summed E-state index contributed by atoms with van der Waals surface area (Å²) in [6.45, 7) is 12.4. The Morgan fingerprint density at radius 2 is 1.90 bits per heavy atom. The summed E-state index contributed by atoms with van der Waals surface area (Å²) < 4.78 is 4.30. The first kappa shape index (κ1) is 23.2. The molecule has 0 atom stereocenters. The highest BCUT2D eigenvalue weighted by Gasteiger charge is 2.06. The van der Waals surface area contributed by atoms with Crippen molar-refractivity contribution < 1.29 is 0 Å². The van der Waals surface area contributed by atoms with Gasteiger partial charge in [0.2, 0.25) is 0 Å². The smallest absolute Gasteiger partial charge is 0.191 e. The summed E-state index contributed by atoms with van der Waals surface area (Å²) in [5.41, 5.74) is 4.49. The fourth-order valence-corrected chi connectivity index (χ4v) is 3.42. The van der Waals surface area contributed by atoms with Crippen LogP contribution < -0.4 is 10.6 Å². The molecule has 0 aliphatic heterocycles. The van der Waals surface area contributed by atoms with Crippen molar-refractivity contribution in [2.24, 2.45) is 4.99 Å². The first-order valence-electron chi connectivity index (χ1n) is 10.0. The van der Waals surface area contributed by atoms with Crippen molar-refractivity contribution in [1.82, 2.24) is 30.0 Å². The normalized spacial score (nSPS) is 11.5. The maximum Gasteiger partial charge on any atom is 0.191 e. The van der Waals surface area contributed by atoms with E-state index in [0.717, 1.165) is 62.1 Å². The predicted molar refractivity (Wildman–Crippen MR) is 130 cm³/mol. The van der Waals surface area contributed by atoms with Crippen LogP contribution in [0.2, 0.25) is 0 Å². The predicted octanol–water partition coefficient (Wildman–Crippen LogP) is 3.42. The molecule has 0 aliphatic rings. The highest BCUT2D eigenvalue weighted by Crippen LogP contribution is 2.14. The average molecular weight is 509 g/mol. The Balaban J connectivity index is 0.00000300. The van der Waals surface area contributed by atoms with Crippen LogP contribution in [0.4, 0.5) is 0 Å². The minimum atomic E-state index is 0. The van der Waals surface area contributed by atoms with E-state index in [2.05, 4.69) is 75.0 Å². The minimum absolute atomic E-state index is 0. The number of rotatable bonds is 8. The molecular weight excluding hydrogens is 477 g/mol. The van der Waals surface area contributed by atoms with Crippen molar-refractivity contribution in [3.8, 4) is 0 Å². The van der Waals surface area contributed by atoms with Gasteiger partial charge < -0.3 is 15.2 Å². The van der Waals surface area contributed by atoms with Gasteiger partial charge in [0.15, 0.2) is 5.96 Å². The molecule has 0 spiro atoms. The molecule has 2 heterocycles. The Morgan fingerprint density at radius 3 is 2.62 bits per heavy atom. The number of hydrogen-bond donors (Lipinski definition) is 2. The number of nitrogens with zero attached hydrogens (tertiary/aromatic N) is 5. The van der Waals surface area contributed by atoms with Crippen LogP contribution in [0.25, 0.3) is 11.0 Å². The van der Waals surface area contributed by atoms with Gasteiger partial charge in [-0.15, -0.1) is 24.0 Å². The lowest BCUT2D eigenvalue weighted by Crippen LogP contribution is -2.39. The lowest BCUT2D eigenvalue weighted by atomic mass is 10.3. The number of para-hydroxylation sites is 2. The molecule has 29 heavy (non-hydrogen) atoms. The van der Waals surface area contributed by atoms with Crippen molar-refractivity contribution in [2.75, 3.05) is 19.6 Å². The molecule has 0 aliphatic carbocycles. The maximum atomic E-state index is 4.70. The van der Waals surface area contributed by atoms with Gasteiger partial charge in [-0.1, -0.05) is 12.1 Å². The van der Waals surface area contributed by atoms with E-state index < -0.39 is 0 Å². The van der Waals surface area contributed by atoms with Crippen molar-refractivity contribution in [3.63, 3.8) is 0 Å². The molecule has 0 amide bonds. The average Bonchev–Trinajstić information content (AvgIpc) is 3.16. The van der Waals surface area contributed by atoms with E-state index in [9.17, 15) is 0 Å². The fraction of sp³-hybridized carbons (Fsp3) is 0.476. The number of halogens is 1. The van der Waals surface area contributed by atoms with E-state index in [1.807, 2.05) is 13.0 Å². The van der Waals surface area contributed by atoms with Crippen LogP contribution in [0.15, 0.2) is 35.3 Å². The van der Waals surface area contributed by atoms with Gasteiger partial charge >= 0.3 is 0 Å². The molecule has 2 N–H and O–H groups in total. The van der Waals surface area contributed by atoms with Crippen molar-refractivity contribution >= 4 is 41.0 Å². The number of aryl methyl sites for hydroxylation is 4. The third-order valence-corrected chi connectivity index (χ3v) is 4.72. The zero-order valence-electron chi connectivity index (χ0n) is 17.8. The minimum Gasteiger partial charge on any atom is -0.357 e. The van der Waals surface area contributed by atoms with E-state index in [1.54, 1.807) is 0 Å². The molecule has 158 valence electrons. The molecule has 8 heteroatoms. The Kier molecular flexibility index (Phi) is 8.94. The summed E-state index contributed by atoms with van der Waals surface area (Å²) in [5, 5.41) is 11.3. The Labute approximate surface area is 190 Å². The Morgan fingerprint density at radius 1 is 1.10 bits per heavy atom. The van der Waals surface area contributed by atoms with Crippen molar-refractivity contribution in [1.29, 1.82) is 0 Å². The summed E-state index contributed by atoms with van der Waals surface area (Å²) in [5.74, 6) is 1.90. The Hall–Kier alpha value is -2.10. The third-order valence-electron chi connectivity index (χ3n) is 4.72. The van der Waals surface area contributed by atoms with E-state index in [4.69, 9.17) is 4.99 Å². The molecule has 7 nitrogen and oxygen atoms in total. The second-order valence-corrected chi connectivity index (χ2v) is 6.99. The zero-order valence-corrected chi connectivity index (χ0v) is 20.1. The molecule has 0 saturated heterocycles. The van der Waals surface area contributed by atoms with Crippen LogP contribution in [0.3, 0.4) is 0 Å². The molecule has 2 aromatic heterocycles. The highest BCUT2D eigenvalue weighted by molar-refractivity contribution is 14.0. The number of aliphatic imine (C=N–C) groups is 1. The third kappa shape index (κ3) is 6.19. The second kappa shape index (κ2) is 11.2. The number of fused-ring (bicyclic) bond motifs is 1. The Bertz CT molecular complexity index is 942. The monoisotopic (exact) mass is 509 g/mol. The van der Waals surface area contributed by atoms with Crippen LogP contribution in [-0.4, -0.2) is 44.9 Å². The van der Waals surface area contributed by atoms with Gasteiger partial charge in [0.1, 0.15) is 5.82 Å². The molecule has 3 rings (SSSR count). The fourth-order valence-electron chi connectivity index (χ4n) is 3.42. The summed E-state index contributed by atoms with van der Waals surface area (Å²) in [6, 6.07) is 10.4. The van der Waals surface area contributed by atoms with Gasteiger partial charge in [-0.25, -0.2) is 4.98 Å². The first-order valence-corrected chi connectivity index (χ1v) is 10.0. The summed E-state index contributed by atoms with van der Waals surface area (Å²) >= 11 is 0. The molecule has 0 bridgehead atoms. The molecule has 0 fully saturated rings. The van der Waals surface area contributed by atoms with E-state index in [-0.39, 0.29) is 24.0 Å². The first-order chi connectivity index (χ1) is 13.6. The van der Waals surface area contributed by atoms with Crippen LogP contribution in [0.1, 0.15) is 30.6 Å². The van der Waals surface area contributed by atoms with E-state index >= 15 is 0 Å². The van der Waals surface area contributed by atoms with Gasteiger partial charge in [-0.2, -0.15) is 5.10 Å². The standard InChI is InChI=1S/C21H31N7.HI/c1-5-22-21(23-11-8-13-28-17(3)15-16(2)26-28)24-12-14-27-18(4)25-19-9-6-7-10-20(19)27;/h6-7,9-10,15H,5,8,11-14H2,1-4H3,(H2,22,23,24);1H. The van der Waals surface area contributed by atoms with Gasteiger partial charge in [0, 0.05) is 38.4 Å². The van der Waals surface area contributed by atoms with Gasteiger partial charge in [-0.05, 0) is 52.3 Å². The SMILES string of the molecule is CCNC(=NCCCn1nc(C)cc1C)NCCn1c(C)nc2ccccc21.I. The molecule has 3 aromatic rings. The summed E-state index contributed by atoms with van der Waals surface area (Å²) in [4.78, 5) is 9.32. The van der Waals surface area contributed by atoms with Crippen LogP contribution >= 0.6 is 24.0 Å². The van der Waals surface area contributed by atoms with Crippen LogP contribution in [0.5, 0.6) is 0 Å². The lowest BCUT2D eigenvalue weighted by Gasteiger charge is -2.13. The van der Waals surface area contributed by atoms with Crippen LogP contribution in [0, 0.1) is 20.8 Å². The van der Waals surface area contributed by atoms with Crippen LogP contribution in [-0.2, 0) is 13.1 Å². The molecule has 0 saturated carbocycles. The molecule has 1 aromatic carbocycles. The molecule has 0 radical (unpaired) electrons. The number of imidazole rings is 1. The van der Waals surface area contributed by atoms with Gasteiger partial charge in [-0.3, -0.25) is 9.67 Å². The van der Waals surface area contributed by atoms with Gasteiger partial charge in [0.25, 0.3) is 0 Å².